The third kappa shape index (κ3) is 5.10. The molecule has 0 aromatic carbocycles. The van der Waals surface area contributed by atoms with Gasteiger partial charge in [0.25, 0.3) is 0 Å². The molecule has 0 aliphatic carbocycles. The van der Waals surface area contributed by atoms with Crippen LogP contribution < -0.4 is 10.2 Å². The Bertz CT molecular complexity index is 760. The number of hydrogen-bond acceptors (Lipinski definition) is 7. The van der Waals surface area contributed by atoms with Crippen LogP contribution in [-0.2, 0) is 16.1 Å². The molecule has 9 heteroatoms. The van der Waals surface area contributed by atoms with Gasteiger partial charge < -0.3 is 15.0 Å². The Hall–Kier alpha value is -1.87. The van der Waals surface area contributed by atoms with Crippen molar-refractivity contribution >= 4 is 34.5 Å². The van der Waals surface area contributed by atoms with Crippen LogP contribution in [0.5, 0.6) is 0 Å². The fraction of sp³-hybridized carbons (Fsp3) is 0.667. The highest BCUT2D eigenvalue weighted by molar-refractivity contribution is 7.99. The quantitative estimate of drug-likeness (QED) is 0.516. The average molecular weight is 393 g/mol. The Kier molecular flexibility index (Phi) is 7.28. The van der Waals surface area contributed by atoms with Crippen LogP contribution in [0.1, 0.15) is 33.1 Å². The van der Waals surface area contributed by atoms with E-state index in [0.717, 1.165) is 53.7 Å². The Morgan fingerprint density at radius 2 is 2.11 bits per heavy atom. The molecule has 0 unspecified atom stereocenters. The van der Waals surface area contributed by atoms with Gasteiger partial charge >= 0.3 is 0 Å². The van der Waals surface area contributed by atoms with Crippen LogP contribution in [0.2, 0.25) is 0 Å². The first-order valence-electron chi connectivity index (χ1n) is 9.68. The number of carbonyl (C=O) groups excluding carboxylic acids is 1. The smallest absolute Gasteiger partial charge is 0.220 e. The fourth-order valence-corrected chi connectivity index (χ4v) is 3.58. The van der Waals surface area contributed by atoms with Gasteiger partial charge in [-0.05, 0) is 12.2 Å². The van der Waals surface area contributed by atoms with E-state index >= 15 is 0 Å². The summed E-state index contributed by atoms with van der Waals surface area (Å²) in [7, 11) is 0. The lowest BCUT2D eigenvalue weighted by Gasteiger charge is -2.28. The molecule has 27 heavy (non-hydrogen) atoms. The Labute approximate surface area is 164 Å². The SMILES string of the molecule is CCCCC(=O)NCCn1ncc2c(N3CCOCC3)nc(SCC)nc21. The molecular formula is C18H28N6O2S. The number of aromatic nitrogens is 4. The van der Waals surface area contributed by atoms with Crippen LogP contribution in [0.15, 0.2) is 11.4 Å². The summed E-state index contributed by atoms with van der Waals surface area (Å²) in [6.07, 6.45) is 4.36. The Balaban J connectivity index is 1.78. The lowest BCUT2D eigenvalue weighted by atomic mass is 10.2. The number of morpholine rings is 1. The molecule has 0 atom stereocenters. The van der Waals surface area contributed by atoms with E-state index in [1.165, 1.54) is 0 Å². The van der Waals surface area contributed by atoms with E-state index in [1.54, 1.807) is 11.8 Å². The summed E-state index contributed by atoms with van der Waals surface area (Å²) < 4.78 is 7.33. The number of fused-ring (bicyclic) bond motifs is 1. The summed E-state index contributed by atoms with van der Waals surface area (Å²) in [5, 5.41) is 9.19. The van der Waals surface area contributed by atoms with Gasteiger partial charge in [0.1, 0.15) is 5.82 Å². The molecule has 1 saturated heterocycles. The highest BCUT2D eigenvalue weighted by Crippen LogP contribution is 2.27. The molecule has 3 rings (SSSR count). The van der Waals surface area contributed by atoms with Crippen molar-refractivity contribution in [3.63, 3.8) is 0 Å². The second-order valence-electron chi connectivity index (χ2n) is 6.42. The van der Waals surface area contributed by atoms with Crippen LogP contribution in [-0.4, -0.2) is 64.3 Å². The zero-order valence-corrected chi connectivity index (χ0v) is 16.9. The molecule has 2 aromatic rings. The van der Waals surface area contributed by atoms with E-state index in [4.69, 9.17) is 14.7 Å². The van der Waals surface area contributed by atoms with Gasteiger partial charge in [-0.1, -0.05) is 32.0 Å². The predicted octanol–water partition coefficient (Wildman–Crippen LogP) is 2.08. The maximum Gasteiger partial charge on any atom is 0.220 e. The molecule has 1 fully saturated rings. The van der Waals surface area contributed by atoms with E-state index in [1.807, 2.05) is 10.9 Å². The monoisotopic (exact) mass is 392 g/mol. The molecule has 148 valence electrons. The van der Waals surface area contributed by atoms with Gasteiger partial charge in [0.15, 0.2) is 10.8 Å². The van der Waals surface area contributed by atoms with Gasteiger partial charge in [-0.3, -0.25) is 4.79 Å². The van der Waals surface area contributed by atoms with Crippen molar-refractivity contribution in [2.75, 3.05) is 43.5 Å². The van der Waals surface area contributed by atoms with Crippen molar-refractivity contribution in [1.29, 1.82) is 0 Å². The third-order valence-electron chi connectivity index (χ3n) is 4.44. The maximum absolute atomic E-state index is 11.8. The summed E-state index contributed by atoms with van der Waals surface area (Å²) in [6.45, 7) is 8.38. The minimum atomic E-state index is 0.0965. The largest absolute Gasteiger partial charge is 0.378 e. The van der Waals surface area contributed by atoms with Crippen molar-refractivity contribution in [1.82, 2.24) is 25.1 Å². The molecule has 0 bridgehead atoms. The highest BCUT2D eigenvalue weighted by Gasteiger charge is 2.20. The molecule has 0 radical (unpaired) electrons. The number of amides is 1. The van der Waals surface area contributed by atoms with Crippen LogP contribution in [0.25, 0.3) is 11.0 Å². The molecule has 1 aliphatic rings. The van der Waals surface area contributed by atoms with E-state index < -0.39 is 0 Å². The number of carbonyl (C=O) groups is 1. The van der Waals surface area contributed by atoms with Crippen molar-refractivity contribution in [3.05, 3.63) is 6.20 Å². The summed E-state index contributed by atoms with van der Waals surface area (Å²) in [5.74, 6) is 1.94. The van der Waals surface area contributed by atoms with Crippen molar-refractivity contribution in [2.24, 2.45) is 0 Å². The highest BCUT2D eigenvalue weighted by atomic mass is 32.2. The molecule has 3 heterocycles. The van der Waals surface area contributed by atoms with Crippen molar-refractivity contribution in [3.8, 4) is 0 Å². The molecule has 8 nitrogen and oxygen atoms in total. The van der Waals surface area contributed by atoms with Crippen LogP contribution in [0, 0.1) is 0 Å². The van der Waals surface area contributed by atoms with Crippen LogP contribution >= 0.6 is 11.8 Å². The second kappa shape index (κ2) is 9.89. The average Bonchev–Trinajstić information content (AvgIpc) is 3.10. The van der Waals surface area contributed by atoms with Gasteiger partial charge in [-0.2, -0.15) is 5.10 Å². The molecule has 1 N–H and O–H groups in total. The number of hydrogen-bond donors (Lipinski definition) is 1. The topological polar surface area (TPSA) is 85.2 Å². The van der Waals surface area contributed by atoms with Crippen molar-refractivity contribution in [2.45, 2.75) is 44.8 Å². The Morgan fingerprint density at radius 1 is 1.30 bits per heavy atom. The number of unbranched alkanes of at least 4 members (excludes halogenated alkanes) is 1. The predicted molar refractivity (Wildman–Crippen MR) is 107 cm³/mol. The first-order chi connectivity index (χ1) is 13.2. The third-order valence-corrected chi connectivity index (χ3v) is 5.17. The fourth-order valence-electron chi connectivity index (χ4n) is 3.02. The van der Waals surface area contributed by atoms with Crippen LogP contribution in [0.3, 0.4) is 0 Å². The lowest BCUT2D eigenvalue weighted by molar-refractivity contribution is -0.121. The summed E-state index contributed by atoms with van der Waals surface area (Å²) in [4.78, 5) is 23.5. The van der Waals surface area contributed by atoms with Crippen molar-refractivity contribution < 1.29 is 9.53 Å². The number of ether oxygens (including phenoxy) is 1. The minimum absolute atomic E-state index is 0.0965. The minimum Gasteiger partial charge on any atom is -0.378 e. The number of nitrogens with one attached hydrogen (secondary N) is 1. The molecule has 1 amide bonds. The Morgan fingerprint density at radius 3 is 2.85 bits per heavy atom. The van der Waals surface area contributed by atoms with Gasteiger partial charge in [-0.25, -0.2) is 14.6 Å². The zero-order chi connectivity index (χ0) is 19.1. The summed E-state index contributed by atoms with van der Waals surface area (Å²) in [5.41, 5.74) is 0.824. The first kappa shape index (κ1) is 19.9. The van der Waals surface area contributed by atoms with Gasteiger partial charge in [-0.15, -0.1) is 0 Å². The standard InChI is InChI=1S/C18H28N6O2S/c1-3-5-6-15(25)19-7-8-24-17-14(13-20-24)16(21-18(22-17)27-4-2)23-9-11-26-12-10-23/h13H,3-12H2,1-2H3,(H,19,25). The number of rotatable bonds is 9. The maximum atomic E-state index is 11.8. The second-order valence-corrected chi connectivity index (χ2v) is 7.65. The number of anilines is 1. The molecule has 1 aliphatic heterocycles. The van der Waals surface area contributed by atoms with E-state index in [-0.39, 0.29) is 5.91 Å². The number of thioether (sulfide) groups is 1. The zero-order valence-electron chi connectivity index (χ0n) is 16.1. The molecule has 0 spiro atoms. The molecule has 0 saturated carbocycles. The van der Waals surface area contributed by atoms with E-state index in [2.05, 4.69) is 29.2 Å². The van der Waals surface area contributed by atoms with Gasteiger partial charge in [0.2, 0.25) is 5.91 Å². The lowest BCUT2D eigenvalue weighted by Crippen LogP contribution is -2.37. The molecule has 2 aromatic heterocycles. The summed E-state index contributed by atoms with van der Waals surface area (Å²) in [6, 6.07) is 0. The van der Waals surface area contributed by atoms with E-state index in [9.17, 15) is 4.79 Å². The molecular weight excluding hydrogens is 364 g/mol. The van der Waals surface area contributed by atoms with E-state index in [0.29, 0.717) is 32.7 Å². The normalized spacial score (nSPS) is 14.7. The summed E-state index contributed by atoms with van der Waals surface area (Å²) >= 11 is 1.63. The van der Waals surface area contributed by atoms with Crippen LogP contribution in [0.4, 0.5) is 5.82 Å². The van der Waals surface area contributed by atoms with Gasteiger partial charge in [0.05, 0.1) is 31.3 Å². The van der Waals surface area contributed by atoms with Gasteiger partial charge in [0, 0.05) is 26.1 Å². The number of nitrogens with zero attached hydrogens (tertiary/aromatic N) is 5. The first-order valence-corrected chi connectivity index (χ1v) is 10.7.